The van der Waals surface area contributed by atoms with E-state index in [-0.39, 0.29) is 17.1 Å². The number of hydrogen-bond acceptors (Lipinski definition) is 6. The van der Waals surface area contributed by atoms with Crippen LogP contribution in [-0.2, 0) is 16.1 Å². The van der Waals surface area contributed by atoms with Crippen molar-refractivity contribution in [2.45, 2.75) is 37.5 Å². The summed E-state index contributed by atoms with van der Waals surface area (Å²) in [5.74, 6) is -0.175. The first kappa shape index (κ1) is 21.8. The summed E-state index contributed by atoms with van der Waals surface area (Å²) in [6.07, 6.45) is 0. The van der Waals surface area contributed by atoms with Gasteiger partial charge in [-0.15, -0.1) is 34.4 Å². The molecule has 152 valence electrons. The van der Waals surface area contributed by atoms with E-state index in [0.717, 1.165) is 25.2 Å². The van der Waals surface area contributed by atoms with Crippen LogP contribution in [0.5, 0.6) is 0 Å². The molecule has 2 aromatic heterocycles. The van der Waals surface area contributed by atoms with Crippen molar-refractivity contribution < 1.29 is 9.59 Å². The zero-order valence-corrected chi connectivity index (χ0v) is 19.3. The Morgan fingerprint density at radius 2 is 1.97 bits per heavy atom. The van der Waals surface area contributed by atoms with E-state index < -0.39 is 0 Å². The quantitative estimate of drug-likeness (QED) is 0.446. The summed E-state index contributed by atoms with van der Waals surface area (Å²) < 4.78 is 0. The maximum absolute atomic E-state index is 12.6. The van der Waals surface area contributed by atoms with Crippen molar-refractivity contribution in [2.75, 3.05) is 5.32 Å². The van der Waals surface area contributed by atoms with E-state index in [0.29, 0.717) is 16.7 Å². The van der Waals surface area contributed by atoms with Crippen LogP contribution in [0.4, 0.5) is 5.13 Å². The lowest BCUT2D eigenvalue weighted by Gasteiger charge is -2.11. The molecule has 29 heavy (non-hydrogen) atoms. The predicted molar refractivity (Wildman–Crippen MR) is 123 cm³/mol. The molecule has 0 saturated heterocycles. The van der Waals surface area contributed by atoms with Crippen molar-refractivity contribution in [3.05, 3.63) is 51.2 Å². The molecule has 9 heteroatoms. The third kappa shape index (κ3) is 5.82. The molecule has 0 fully saturated rings. The second-order valence-corrected chi connectivity index (χ2v) is 10.4. The zero-order valence-electron chi connectivity index (χ0n) is 16.1. The number of benzene rings is 1. The fourth-order valence-electron chi connectivity index (χ4n) is 2.48. The van der Waals surface area contributed by atoms with Crippen LogP contribution in [-0.4, -0.2) is 22.0 Å². The Morgan fingerprint density at radius 3 is 2.69 bits per heavy atom. The molecular formula is C20H20ClN3O2S3. The number of nitrogens with one attached hydrogen (secondary N) is 2. The first-order valence-electron chi connectivity index (χ1n) is 8.86. The number of halogens is 1. The highest BCUT2D eigenvalue weighted by Crippen LogP contribution is 2.35. The highest BCUT2D eigenvalue weighted by molar-refractivity contribution is 8.00. The maximum Gasteiger partial charge on any atom is 0.239 e. The molecule has 0 radical (unpaired) electrons. The van der Waals surface area contributed by atoms with Crippen molar-refractivity contribution >= 4 is 63.0 Å². The number of anilines is 1. The normalized spacial score (nSPS) is 11.9. The van der Waals surface area contributed by atoms with Crippen LogP contribution >= 0.6 is 46.0 Å². The van der Waals surface area contributed by atoms with Gasteiger partial charge in [-0.2, -0.15) is 0 Å². The van der Waals surface area contributed by atoms with Gasteiger partial charge < -0.3 is 10.6 Å². The second-order valence-electron chi connectivity index (χ2n) is 6.28. The molecule has 1 aromatic carbocycles. The molecule has 0 bridgehead atoms. The molecule has 0 saturated carbocycles. The zero-order chi connectivity index (χ0) is 21.0. The van der Waals surface area contributed by atoms with E-state index in [9.17, 15) is 9.59 Å². The molecule has 2 N–H and O–H groups in total. The highest BCUT2D eigenvalue weighted by atomic mass is 35.5. The van der Waals surface area contributed by atoms with Gasteiger partial charge in [0, 0.05) is 21.6 Å². The summed E-state index contributed by atoms with van der Waals surface area (Å²) in [5.41, 5.74) is 0.857. The van der Waals surface area contributed by atoms with Gasteiger partial charge in [0.1, 0.15) is 0 Å². The fourth-order valence-corrected chi connectivity index (χ4v) is 5.53. The van der Waals surface area contributed by atoms with Gasteiger partial charge in [0.15, 0.2) is 5.13 Å². The van der Waals surface area contributed by atoms with Gasteiger partial charge in [-0.05, 0) is 38.1 Å². The van der Waals surface area contributed by atoms with Crippen molar-refractivity contribution in [2.24, 2.45) is 0 Å². The molecule has 0 spiro atoms. The molecule has 3 aromatic rings. The van der Waals surface area contributed by atoms with Crippen LogP contribution < -0.4 is 10.6 Å². The summed E-state index contributed by atoms with van der Waals surface area (Å²) in [4.78, 5) is 32.2. The van der Waals surface area contributed by atoms with Gasteiger partial charge in [0.05, 0.1) is 27.4 Å². The van der Waals surface area contributed by atoms with Crippen LogP contribution in [0, 0.1) is 6.92 Å². The topological polar surface area (TPSA) is 71.1 Å². The molecule has 2 heterocycles. The number of thioether (sulfide) groups is 1. The molecular weight excluding hydrogens is 446 g/mol. The molecule has 5 nitrogen and oxygen atoms in total. The Labute approximate surface area is 186 Å². The summed E-state index contributed by atoms with van der Waals surface area (Å²) in [6.45, 7) is 5.83. The molecule has 0 aliphatic rings. The number of hydrogen-bond donors (Lipinski definition) is 2. The largest absolute Gasteiger partial charge is 0.351 e. The minimum absolute atomic E-state index is 0.0569. The van der Waals surface area contributed by atoms with Crippen LogP contribution in [0.1, 0.15) is 23.6 Å². The van der Waals surface area contributed by atoms with E-state index in [1.807, 2.05) is 50.2 Å². The number of aryl methyl sites for hydroxylation is 1. The van der Waals surface area contributed by atoms with Crippen LogP contribution in [0.25, 0.3) is 10.6 Å². The maximum atomic E-state index is 12.6. The number of carbonyl (C=O) groups is 2. The van der Waals surface area contributed by atoms with Gasteiger partial charge in [-0.3, -0.25) is 9.59 Å². The Bertz CT molecular complexity index is 1030. The standard InChI is InChI=1S/C20H20ClN3O2S3/c1-11-18(17-9-8-14(29-17)10-22-13(3)25)23-20(28-11)24-19(26)12(2)27-16-7-5-4-6-15(16)21/h4-9,12H,10H2,1-3H3,(H,22,25)(H,23,24,26). The molecule has 2 amide bonds. The van der Waals surface area contributed by atoms with Crippen molar-refractivity contribution in [3.63, 3.8) is 0 Å². The highest BCUT2D eigenvalue weighted by Gasteiger charge is 2.19. The van der Waals surface area contributed by atoms with E-state index in [2.05, 4.69) is 15.6 Å². The van der Waals surface area contributed by atoms with Gasteiger partial charge in [-0.1, -0.05) is 23.7 Å². The van der Waals surface area contributed by atoms with E-state index in [1.165, 1.54) is 30.0 Å². The fraction of sp³-hybridized carbons (Fsp3) is 0.250. The predicted octanol–water partition coefficient (Wildman–Crippen LogP) is 5.59. The van der Waals surface area contributed by atoms with Gasteiger partial charge in [0.2, 0.25) is 11.8 Å². The van der Waals surface area contributed by atoms with Crippen LogP contribution in [0.3, 0.4) is 0 Å². The second kappa shape index (κ2) is 9.75. The molecule has 1 unspecified atom stereocenters. The number of thiophene rings is 1. The van der Waals surface area contributed by atoms with E-state index >= 15 is 0 Å². The molecule has 1 atom stereocenters. The van der Waals surface area contributed by atoms with Crippen molar-refractivity contribution in [3.8, 4) is 10.6 Å². The van der Waals surface area contributed by atoms with E-state index in [4.69, 9.17) is 11.6 Å². The van der Waals surface area contributed by atoms with Crippen molar-refractivity contribution in [1.29, 1.82) is 0 Å². The van der Waals surface area contributed by atoms with E-state index in [1.54, 1.807) is 11.3 Å². The number of carbonyl (C=O) groups excluding carboxylic acids is 2. The van der Waals surface area contributed by atoms with Gasteiger partial charge in [0.25, 0.3) is 0 Å². The monoisotopic (exact) mass is 465 g/mol. The summed E-state index contributed by atoms with van der Waals surface area (Å²) in [6, 6.07) is 11.4. The van der Waals surface area contributed by atoms with Gasteiger partial charge in [-0.25, -0.2) is 4.98 Å². The number of amides is 2. The molecule has 0 aliphatic carbocycles. The number of thiazole rings is 1. The SMILES string of the molecule is CC(=O)NCc1ccc(-c2nc(NC(=O)C(C)Sc3ccccc3Cl)sc2C)s1. The lowest BCUT2D eigenvalue weighted by atomic mass is 10.3. The Hall–Kier alpha value is -1.87. The molecule has 3 rings (SSSR count). The first-order chi connectivity index (χ1) is 13.8. The lowest BCUT2D eigenvalue weighted by molar-refractivity contribution is -0.119. The number of aromatic nitrogens is 1. The average Bonchev–Trinajstić information content (AvgIpc) is 3.28. The first-order valence-corrected chi connectivity index (χ1v) is 11.8. The minimum Gasteiger partial charge on any atom is -0.351 e. The summed E-state index contributed by atoms with van der Waals surface area (Å²) >= 11 is 10.6. The Balaban J connectivity index is 1.66. The molecule has 0 aliphatic heterocycles. The summed E-state index contributed by atoms with van der Waals surface area (Å²) in [5, 5.41) is 6.61. The third-order valence-corrected chi connectivity index (χ3v) is 7.54. The number of nitrogens with zero attached hydrogens (tertiary/aromatic N) is 1. The third-order valence-electron chi connectivity index (χ3n) is 3.94. The Kier molecular flexibility index (Phi) is 7.34. The Morgan fingerprint density at radius 1 is 1.21 bits per heavy atom. The smallest absolute Gasteiger partial charge is 0.239 e. The minimum atomic E-state index is -0.312. The average molecular weight is 466 g/mol. The van der Waals surface area contributed by atoms with Crippen LogP contribution in [0.2, 0.25) is 5.02 Å². The van der Waals surface area contributed by atoms with Crippen LogP contribution in [0.15, 0.2) is 41.3 Å². The lowest BCUT2D eigenvalue weighted by Crippen LogP contribution is -2.22. The van der Waals surface area contributed by atoms with Crippen molar-refractivity contribution in [1.82, 2.24) is 10.3 Å². The summed E-state index contributed by atoms with van der Waals surface area (Å²) in [7, 11) is 0. The van der Waals surface area contributed by atoms with Gasteiger partial charge >= 0.3 is 0 Å². The number of rotatable bonds is 7.